The first-order chi connectivity index (χ1) is 26.0. The van der Waals surface area contributed by atoms with E-state index in [1.807, 2.05) is 0 Å². The lowest BCUT2D eigenvalue weighted by molar-refractivity contribution is -0.297. The van der Waals surface area contributed by atoms with Crippen LogP contribution in [0.4, 0.5) is 0 Å². The summed E-state index contributed by atoms with van der Waals surface area (Å²) < 4.78 is 53.9. The number of esters is 2. The van der Waals surface area contributed by atoms with Crippen molar-refractivity contribution in [3.8, 4) is 0 Å². The molecule has 1 heterocycles. The molecule has 54 heavy (non-hydrogen) atoms. The zero-order valence-electron chi connectivity index (χ0n) is 33.1. The minimum absolute atomic E-state index is 0.146. The van der Waals surface area contributed by atoms with Gasteiger partial charge in [0.15, 0.2) is 12.4 Å². The van der Waals surface area contributed by atoms with E-state index in [0.29, 0.717) is 12.8 Å². The number of rotatable bonds is 33. The molecule has 0 aliphatic carbocycles. The van der Waals surface area contributed by atoms with Gasteiger partial charge >= 0.3 is 11.9 Å². The number of carbonyl (C=O) groups excluding carboxylic acids is 2. The molecule has 13 heteroatoms. The Kier molecular flexibility index (Phi) is 29.6. The molecular weight excluding hydrogens is 717 g/mol. The molecule has 1 aliphatic rings. The van der Waals surface area contributed by atoms with Crippen molar-refractivity contribution in [3.05, 3.63) is 36.5 Å². The normalized spacial score (nSPS) is 21.3. The third-order valence-corrected chi connectivity index (χ3v) is 9.94. The molecule has 1 fully saturated rings. The molecule has 1 saturated heterocycles. The highest BCUT2D eigenvalue weighted by atomic mass is 32.2. The van der Waals surface area contributed by atoms with Crippen LogP contribution in [-0.4, -0.2) is 96.0 Å². The predicted octanol–water partition coefficient (Wildman–Crippen LogP) is 7.44. The SMILES string of the molecule is CCCC/C=C\C/C=C\CCCCCCCC(=O)OC(COC(=O)CCCCCCC/C=C\CCCCC)COC1OC(CS(=O)(=O)O)C(O)C(O)C1O. The Bertz CT molecular complexity index is 1150. The van der Waals surface area contributed by atoms with E-state index in [9.17, 15) is 37.9 Å². The minimum Gasteiger partial charge on any atom is -0.462 e. The fraction of sp³-hybridized carbons (Fsp3) is 0.805. The van der Waals surface area contributed by atoms with Gasteiger partial charge in [0, 0.05) is 12.8 Å². The van der Waals surface area contributed by atoms with Gasteiger partial charge in [-0.15, -0.1) is 0 Å². The molecule has 6 atom stereocenters. The van der Waals surface area contributed by atoms with Crippen LogP contribution in [0.5, 0.6) is 0 Å². The molecule has 0 aromatic carbocycles. The highest BCUT2D eigenvalue weighted by Crippen LogP contribution is 2.24. The van der Waals surface area contributed by atoms with Gasteiger partial charge in [0.1, 0.15) is 36.8 Å². The van der Waals surface area contributed by atoms with Crippen LogP contribution in [0.1, 0.15) is 155 Å². The summed E-state index contributed by atoms with van der Waals surface area (Å²) in [6.45, 7) is 3.65. The number of carbonyl (C=O) groups is 2. The van der Waals surface area contributed by atoms with Crippen LogP contribution in [0.15, 0.2) is 36.5 Å². The molecular formula is C41H72O12S. The fourth-order valence-electron chi connectivity index (χ4n) is 5.92. The fourth-order valence-corrected chi connectivity index (χ4v) is 6.61. The zero-order valence-corrected chi connectivity index (χ0v) is 33.9. The van der Waals surface area contributed by atoms with Crippen LogP contribution in [0.3, 0.4) is 0 Å². The first-order valence-electron chi connectivity index (χ1n) is 20.5. The number of hydrogen-bond donors (Lipinski definition) is 4. The van der Waals surface area contributed by atoms with Gasteiger partial charge in [-0.1, -0.05) is 115 Å². The summed E-state index contributed by atoms with van der Waals surface area (Å²) in [7, 11) is -4.60. The van der Waals surface area contributed by atoms with E-state index < -0.39 is 71.2 Å². The average Bonchev–Trinajstić information content (AvgIpc) is 3.13. The summed E-state index contributed by atoms with van der Waals surface area (Å²) in [6.07, 6.45) is 24.8. The minimum atomic E-state index is -4.60. The molecule has 0 radical (unpaired) electrons. The molecule has 4 N–H and O–H groups in total. The van der Waals surface area contributed by atoms with Crippen LogP contribution in [0, 0.1) is 0 Å². The third-order valence-electron chi connectivity index (χ3n) is 9.19. The van der Waals surface area contributed by atoms with Gasteiger partial charge in [-0.3, -0.25) is 14.1 Å². The molecule has 0 spiro atoms. The lowest BCUT2D eigenvalue weighted by Crippen LogP contribution is -2.60. The number of ether oxygens (including phenoxy) is 4. The Morgan fingerprint density at radius 3 is 1.70 bits per heavy atom. The van der Waals surface area contributed by atoms with Crippen molar-refractivity contribution in [2.45, 2.75) is 192 Å². The first-order valence-corrected chi connectivity index (χ1v) is 22.2. The summed E-state index contributed by atoms with van der Waals surface area (Å²) in [5.41, 5.74) is 0. The Hall–Kier alpha value is -2.13. The molecule has 0 bridgehead atoms. The number of allylic oxidation sites excluding steroid dienone is 6. The van der Waals surface area contributed by atoms with E-state index in [1.165, 1.54) is 32.1 Å². The van der Waals surface area contributed by atoms with Crippen molar-refractivity contribution in [3.63, 3.8) is 0 Å². The predicted molar refractivity (Wildman–Crippen MR) is 210 cm³/mol. The van der Waals surface area contributed by atoms with Gasteiger partial charge in [-0.2, -0.15) is 8.42 Å². The highest BCUT2D eigenvalue weighted by Gasteiger charge is 2.46. The van der Waals surface area contributed by atoms with Gasteiger partial charge in [0.25, 0.3) is 10.1 Å². The van der Waals surface area contributed by atoms with Crippen molar-refractivity contribution in [1.29, 1.82) is 0 Å². The van der Waals surface area contributed by atoms with Crippen molar-refractivity contribution < 1.29 is 56.8 Å². The molecule has 0 aromatic rings. The van der Waals surface area contributed by atoms with Crippen molar-refractivity contribution in [2.24, 2.45) is 0 Å². The molecule has 6 unspecified atom stereocenters. The Morgan fingerprint density at radius 2 is 1.13 bits per heavy atom. The van der Waals surface area contributed by atoms with Crippen molar-refractivity contribution in [2.75, 3.05) is 19.0 Å². The zero-order chi connectivity index (χ0) is 39.9. The van der Waals surface area contributed by atoms with Crippen LogP contribution < -0.4 is 0 Å². The smallest absolute Gasteiger partial charge is 0.306 e. The van der Waals surface area contributed by atoms with Gasteiger partial charge in [-0.05, 0) is 64.2 Å². The van der Waals surface area contributed by atoms with E-state index in [1.54, 1.807) is 0 Å². The second-order valence-corrected chi connectivity index (χ2v) is 15.8. The molecule has 12 nitrogen and oxygen atoms in total. The molecule has 1 aliphatic heterocycles. The number of aliphatic hydroxyl groups excluding tert-OH is 3. The summed E-state index contributed by atoms with van der Waals surface area (Å²) in [6, 6.07) is 0. The van der Waals surface area contributed by atoms with Gasteiger partial charge in [-0.25, -0.2) is 0 Å². The quantitative estimate of drug-likeness (QED) is 0.0223. The number of unbranched alkanes of at least 4 members (excludes halogenated alkanes) is 15. The molecule has 0 aromatic heterocycles. The van der Waals surface area contributed by atoms with Crippen LogP contribution >= 0.6 is 0 Å². The third kappa shape index (κ3) is 26.6. The molecule has 0 saturated carbocycles. The second kappa shape index (κ2) is 32.0. The molecule has 0 amide bonds. The van der Waals surface area contributed by atoms with Crippen LogP contribution in [-0.2, 0) is 38.7 Å². The monoisotopic (exact) mass is 788 g/mol. The van der Waals surface area contributed by atoms with E-state index in [0.717, 1.165) is 83.5 Å². The maximum absolute atomic E-state index is 12.7. The summed E-state index contributed by atoms with van der Waals surface area (Å²) in [5.74, 6) is -2.02. The Morgan fingerprint density at radius 1 is 0.630 bits per heavy atom. The van der Waals surface area contributed by atoms with E-state index in [2.05, 4.69) is 50.3 Å². The molecule has 314 valence electrons. The largest absolute Gasteiger partial charge is 0.462 e. The van der Waals surface area contributed by atoms with E-state index >= 15 is 0 Å². The average molecular weight is 789 g/mol. The standard InChI is InChI=1S/C41H72O12S/c1-3-5-7-9-11-13-15-17-18-20-22-24-26-28-30-37(43)52-34(32-51-41-40(46)39(45)38(44)35(53-41)33-54(47,48)49)31-50-36(42)29-27-25-23-21-19-16-14-12-10-8-6-4-2/h9,11-12,14-15,17,34-35,38-41,44-46H,3-8,10,13,16,18-33H2,1-2H3,(H,47,48,49)/b11-9-,14-12-,17-15-. The van der Waals surface area contributed by atoms with Crippen molar-refractivity contribution in [1.82, 2.24) is 0 Å². The molecule has 1 rings (SSSR count). The Labute approximate surface area is 325 Å². The van der Waals surface area contributed by atoms with Crippen molar-refractivity contribution >= 4 is 22.1 Å². The van der Waals surface area contributed by atoms with E-state index in [-0.39, 0.29) is 19.4 Å². The van der Waals surface area contributed by atoms with Gasteiger partial charge in [0.05, 0.1) is 6.61 Å². The Balaban J connectivity index is 2.52. The highest BCUT2D eigenvalue weighted by molar-refractivity contribution is 7.85. The maximum atomic E-state index is 12.7. The first kappa shape index (κ1) is 49.9. The van der Waals surface area contributed by atoms with Gasteiger partial charge in [0.2, 0.25) is 0 Å². The summed E-state index contributed by atoms with van der Waals surface area (Å²) in [5, 5.41) is 30.8. The maximum Gasteiger partial charge on any atom is 0.306 e. The lowest BCUT2D eigenvalue weighted by atomic mass is 10.00. The van der Waals surface area contributed by atoms with Crippen LogP contribution in [0.2, 0.25) is 0 Å². The second-order valence-electron chi connectivity index (χ2n) is 14.3. The topological polar surface area (TPSA) is 186 Å². The van der Waals surface area contributed by atoms with Gasteiger partial charge < -0.3 is 34.3 Å². The van der Waals surface area contributed by atoms with E-state index in [4.69, 9.17) is 18.9 Å². The number of hydrogen-bond acceptors (Lipinski definition) is 11. The summed E-state index contributed by atoms with van der Waals surface area (Å²) >= 11 is 0. The van der Waals surface area contributed by atoms with Crippen LogP contribution in [0.25, 0.3) is 0 Å². The summed E-state index contributed by atoms with van der Waals surface area (Å²) in [4.78, 5) is 25.3. The lowest BCUT2D eigenvalue weighted by Gasteiger charge is -2.40. The number of aliphatic hydroxyl groups is 3.